The molecule has 0 radical (unpaired) electrons. The molecule has 9 rings (SSSR count). The molecule has 0 bridgehead atoms. The highest BCUT2D eigenvalue weighted by Gasteiger charge is 2.21. The molecule has 0 saturated heterocycles. The summed E-state index contributed by atoms with van der Waals surface area (Å²) >= 11 is 1.89. The van der Waals surface area contributed by atoms with E-state index >= 15 is 0 Å². The largest absolute Gasteiger partial charge is 0.309 e. The van der Waals surface area contributed by atoms with Crippen molar-refractivity contribution in [3.05, 3.63) is 133 Å². The average Bonchev–Trinajstić information content (AvgIpc) is 3.64. The summed E-state index contributed by atoms with van der Waals surface area (Å²) in [7, 11) is 0. The first-order valence-electron chi connectivity index (χ1n) is 15.8. The van der Waals surface area contributed by atoms with Crippen LogP contribution in [0.4, 0.5) is 0 Å². The Kier molecular flexibility index (Phi) is 6.12. The molecule has 1 saturated carbocycles. The lowest BCUT2D eigenvalue weighted by Gasteiger charge is -2.22. The lowest BCUT2D eigenvalue weighted by molar-refractivity contribution is 0.444. The van der Waals surface area contributed by atoms with Crippen LogP contribution in [-0.2, 0) is 0 Å². The second-order valence-corrected chi connectivity index (χ2v) is 13.3. The zero-order valence-corrected chi connectivity index (χ0v) is 25.4. The highest BCUT2D eigenvalue weighted by atomic mass is 32.1. The van der Waals surface area contributed by atoms with Gasteiger partial charge in [-0.05, 0) is 72.9 Å². The number of nitrogens with zero attached hydrogens (tertiary/aromatic N) is 2. The molecular formula is C41H32N2S. The Balaban J connectivity index is 1.30. The lowest BCUT2D eigenvalue weighted by Crippen LogP contribution is -2.04. The molecule has 1 aliphatic carbocycles. The highest BCUT2D eigenvalue weighted by molar-refractivity contribution is 7.25. The third-order valence-corrected chi connectivity index (χ3v) is 10.7. The summed E-state index contributed by atoms with van der Waals surface area (Å²) in [5.74, 6) is 0.651. The van der Waals surface area contributed by atoms with Crippen molar-refractivity contribution in [2.24, 2.45) is 0 Å². The Bertz CT molecular complexity index is 2320. The molecule has 1 aliphatic rings. The van der Waals surface area contributed by atoms with E-state index in [1.807, 2.05) is 11.3 Å². The van der Waals surface area contributed by atoms with Gasteiger partial charge in [0.25, 0.3) is 0 Å². The van der Waals surface area contributed by atoms with Gasteiger partial charge in [-0.1, -0.05) is 98.1 Å². The highest BCUT2D eigenvalue weighted by Crippen LogP contribution is 2.43. The van der Waals surface area contributed by atoms with Gasteiger partial charge in [-0.15, -0.1) is 11.3 Å². The number of hydrogen-bond donors (Lipinski definition) is 0. The first-order chi connectivity index (χ1) is 21.8. The fourth-order valence-corrected chi connectivity index (χ4v) is 8.58. The van der Waals surface area contributed by atoms with Gasteiger partial charge in [0.2, 0.25) is 0 Å². The second kappa shape index (κ2) is 10.5. The van der Waals surface area contributed by atoms with E-state index in [1.165, 1.54) is 85.3 Å². The van der Waals surface area contributed by atoms with Crippen molar-refractivity contribution >= 4 is 53.3 Å². The van der Waals surface area contributed by atoms with Crippen molar-refractivity contribution < 1.29 is 0 Å². The van der Waals surface area contributed by atoms with Crippen LogP contribution < -0.4 is 0 Å². The van der Waals surface area contributed by atoms with Gasteiger partial charge in [-0.2, -0.15) is 0 Å². The molecule has 2 nitrogen and oxygen atoms in total. The topological polar surface area (TPSA) is 17.8 Å². The van der Waals surface area contributed by atoms with E-state index in [9.17, 15) is 0 Å². The first-order valence-corrected chi connectivity index (χ1v) is 16.7. The fraction of sp³-hybridized carbons (Fsp3) is 0.146. The third kappa shape index (κ3) is 4.18. The van der Waals surface area contributed by atoms with Crippen LogP contribution in [0, 0.1) is 0 Å². The smallest absolute Gasteiger partial charge is 0.0709 e. The van der Waals surface area contributed by atoms with E-state index in [4.69, 9.17) is 4.98 Å². The molecule has 0 aliphatic heterocycles. The van der Waals surface area contributed by atoms with Gasteiger partial charge in [0, 0.05) is 42.1 Å². The van der Waals surface area contributed by atoms with E-state index in [0.29, 0.717) is 5.92 Å². The van der Waals surface area contributed by atoms with Crippen LogP contribution >= 0.6 is 11.3 Å². The van der Waals surface area contributed by atoms with Crippen molar-refractivity contribution in [2.75, 3.05) is 0 Å². The van der Waals surface area contributed by atoms with Crippen LogP contribution in [0.5, 0.6) is 0 Å². The second-order valence-electron chi connectivity index (χ2n) is 12.2. The molecule has 0 atom stereocenters. The maximum Gasteiger partial charge on any atom is 0.0709 e. The number of hydrogen-bond acceptors (Lipinski definition) is 2. The predicted octanol–water partition coefficient (Wildman–Crippen LogP) is 11.9. The Morgan fingerprint density at radius 1 is 0.545 bits per heavy atom. The third-order valence-electron chi connectivity index (χ3n) is 9.60. The van der Waals surface area contributed by atoms with Crippen molar-refractivity contribution in [1.29, 1.82) is 0 Å². The minimum Gasteiger partial charge on any atom is -0.309 e. The summed E-state index contributed by atoms with van der Waals surface area (Å²) in [5, 5.41) is 5.25. The van der Waals surface area contributed by atoms with E-state index in [-0.39, 0.29) is 0 Å². The molecular weight excluding hydrogens is 553 g/mol. The molecule has 3 heteroatoms. The Morgan fingerprint density at radius 2 is 1.32 bits per heavy atom. The summed E-state index contributed by atoms with van der Waals surface area (Å²) in [6, 6.07) is 46.7. The van der Waals surface area contributed by atoms with Crippen LogP contribution in [0.2, 0.25) is 0 Å². The van der Waals surface area contributed by atoms with Crippen molar-refractivity contribution in [2.45, 2.75) is 38.0 Å². The maximum absolute atomic E-state index is 5.10. The molecule has 0 N–H and O–H groups in total. The number of benzene rings is 5. The lowest BCUT2D eigenvalue weighted by atomic mass is 9.84. The van der Waals surface area contributed by atoms with Crippen LogP contribution in [0.3, 0.4) is 0 Å². The molecule has 0 spiro atoms. The predicted molar refractivity (Wildman–Crippen MR) is 188 cm³/mol. The minimum absolute atomic E-state index is 0.651. The SMILES string of the molecule is c1ccc(-c2cccc(-c3ccc4c(c3)c3ccc(C5CCCCC5)cc3n4-c3cccc4sc5ccccc5c34)n2)cc1. The minimum atomic E-state index is 0.651. The Hall–Kier alpha value is -4.73. The molecule has 5 aromatic carbocycles. The van der Waals surface area contributed by atoms with E-state index in [0.717, 1.165) is 22.5 Å². The van der Waals surface area contributed by atoms with Crippen LogP contribution in [-0.4, -0.2) is 9.55 Å². The molecule has 3 aromatic heterocycles. The summed E-state index contributed by atoms with van der Waals surface area (Å²) in [4.78, 5) is 5.10. The number of aromatic nitrogens is 2. The molecule has 8 aromatic rings. The van der Waals surface area contributed by atoms with Crippen LogP contribution in [0.1, 0.15) is 43.6 Å². The molecule has 1 fully saturated rings. The number of rotatable bonds is 4. The summed E-state index contributed by atoms with van der Waals surface area (Å²) in [6.45, 7) is 0. The summed E-state index contributed by atoms with van der Waals surface area (Å²) in [6.07, 6.45) is 6.64. The van der Waals surface area contributed by atoms with Gasteiger partial charge in [-0.25, -0.2) is 4.98 Å². The van der Waals surface area contributed by atoms with Crippen LogP contribution in [0.15, 0.2) is 127 Å². The van der Waals surface area contributed by atoms with Gasteiger partial charge in [0.1, 0.15) is 0 Å². The number of pyridine rings is 1. The van der Waals surface area contributed by atoms with Gasteiger partial charge in [0.15, 0.2) is 0 Å². The van der Waals surface area contributed by atoms with E-state index < -0.39 is 0 Å². The van der Waals surface area contributed by atoms with Gasteiger partial charge < -0.3 is 4.57 Å². The van der Waals surface area contributed by atoms with E-state index in [2.05, 4.69) is 132 Å². The summed E-state index contributed by atoms with van der Waals surface area (Å²) < 4.78 is 5.21. The Morgan fingerprint density at radius 3 is 2.20 bits per heavy atom. The first kappa shape index (κ1) is 25.7. The molecule has 0 unspecified atom stereocenters. The Labute approximate surface area is 261 Å². The van der Waals surface area contributed by atoms with Gasteiger partial charge >= 0.3 is 0 Å². The normalized spacial score (nSPS) is 14.3. The summed E-state index contributed by atoms with van der Waals surface area (Å²) in [5.41, 5.74) is 9.57. The molecule has 0 amide bonds. The number of thiophene rings is 1. The zero-order valence-electron chi connectivity index (χ0n) is 24.5. The van der Waals surface area contributed by atoms with Crippen molar-refractivity contribution in [3.8, 4) is 28.2 Å². The van der Waals surface area contributed by atoms with Crippen molar-refractivity contribution in [3.63, 3.8) is 0 Å². The fourth-order valence-electron chi connectivity index (χ4n) is 7.45. The average molecular weight is 585 g/mol. The monoisotopic (exact) mass is 584 g/mol. The number of fused-ring (bicyclic) bond motifs is 6. The van der Waals surface area contributed by atoms with Crippen LogP contribution in [0.25, 0.3) is 70.2 Å². The van der Waals surface area contributed by atoms with Gasteiger partial charge in [-0.3, -0.25) is 0 Å². The molecule has 44 heavy (non-hydrogen) atoms. The van der Waals surface area contributed by atoms with E-state index in [1.54, 1.807) is 0 Å². The maximum atomic E-state index is 5.10. The molecule has 3 heterocycles. The quantitative estimate of drug-likeness (QED) is 0.201. The van der Waals surface area contributed by atoms with Gasteiger partial charge in [0.05, 0.1) is 28.1 Å². The molecule has 212 valence electrons. The standard InChI is InChI=1S/C41H32N2S/c1-3-11-27(12-4-1)29-21-23-31-33-25-30(35-17-9-16-34(42-35)28-13-5-2-6-14-28)22-24-36(33)43(38(31)26-29)37-18-10-20-40-41(37)32-15-7-8-19-39(32)44-40/h2,5-10,13-27H,1,3-4,11-12H2. The van der Waals surface area contributed by atoms with Crippen molar-refractivity contribution in [1.82, 2.24) is 9.55 Å². The zero-order chi connectivity index (χ0) is 29.0.